The third-order valence-electron chi connectivity index (χ3n) is 2.72. The first-order valence-electron chi connectivity index (χ1n) is 4.99. The summed E-state index contributed by atoms with van der Waals surface area (Å²) < 4.78 is 5.49. The Labute approximate surface area is 104 Å². The summed E-state index contributed by atoms with van der Waals surface area (Å²) in [5.41, 5.74) is 0. The van der Waals surface area contributed by atoms with Gasteiger partial charge in [-0.15, -0.1) is 0 Å². The Morgan fingerprint density at radius 3 is 2.38 bits per heavy atom. The van der Waals surface area contributed by atoms with Crippen molar-refractivity contribution in [2.75, 3.05) is 18.6 Å². The van der Waals surface area contributed by atoms with Crippen LogP contribution in [0.4, 0.5) is 5.95 Å². The van der Waals surface area contributed by atoms with Crippen LogP contribution >= 0.6 is 23.2 Å². The maximum Gasteiger partial charge on any atom is 0.231 e. The van der Waals surface area contributed by atoms with Gasteiger partial charge in [0.25, 0.3) is 0 Å². The Balaban J connectivity index is 2.22. The fraction of sp³-hybridized carbons (Fsp3) is 0.667. The molecule has 2 atom stereocenters. The van der Waals surface area contributed by atoms with Crippen LogP contribution in [-0.2, 0) is 4.74 Å². The van der Waals surface area contributed by atoms with Gasteiger partial charge in [-0.05, 0) is 36.5 Å². The van der Waals surface area contributed by atoms with Crippen molar-refractivity contribution < 1.29 is 4.74 Å². The zero-order chi connectivity index (χ0) is 11.7. The maximum absolute atomic E-state index is 5.73. The molecule has 1 aliphatic heterocycles. The van der Waals surface area contributed by atoms with Gasteiger partial charge < -0.3 is 9.64 Å². The lowest BCUT2D eigenvalue weighted by atomic mass is 10.1. The van der Waals surface area contributed by atoms with E-state index in [4.69, 9.17) is 27.9 Å². The largest absolute Gasteiger partial charge is 0.376 e. The highest BCUT2D eigenvalue weighted by Crippen LogP contribution is 2.22. The van der Waals surface area contributed by atoms with Crippen LogP contribution in [0.15, 0.2) is 0 Å². The second-order valence-electron chi connectivity index (χ2n) is 3.72. The van der Waals surface area contributed by atoms with E-state index in [0.717, 1.165) is 13.0 Å². The zero-order valence-electron chi connectivity index (χ0n) is 9.02. The molecule has 1 aliphatic rings. The predicted octanol–water partition coefficient (Wildman–Crippen LogP) is 1.79. The van der Waals surface area contributed by atoms with E-state index in [1.54, 1.807) is 0 Å². The van der Waals surface area contributed by atoms with Gasteiger partial charge in [-0.3, -0.25) is 0 Å². The molecule has 7 heteroatoms. The van der Waals surface area contributed by atoms with Crippen molar-refractivity contribution in [3.63, 3.8) is 0 Å². The minimum absolute atomic E-state index is 0.105. The first kappa shape index (κ1) is 11.8. The van der Waals surface area contributed by atoms with E-state index >= 15 is 0 Å². The van der Waals surface area contributed by atoms with E-state index in [1.165, 1.54) is 0 Å². The highest BCUT2D eigenvalue weighted by molar-refractivity contribution is 6.31. The van der Waals surface area contributed by atoms with Crippen molar-refractivity contribution in [3.05, 3.63) is 10.6 Å². The Bertz CT molecular complexity index is 370. The highest BCUT2D eigenvalue weighted by atomic mass is 35.5. The number of hydrogen-bond acceptors (Lipinski definition) is 5. The molecule has 0 bridgehead atoms. The zero-order valence-corrected chi connectivity index (χ0v) is 10.5. The lowest BCUT2D eigenvalue weighted by Gasteiger charge is -2.26. The molecule has 2 heterocycles. The van der Waals surface area contributed by atoms with E-state index < -0.39 is 0 Å². The summed E-state index contributed by atoms with van der Waals surface area (Å²) >= 11 is 11.5. The maximum atomic E-state index is 5.73. The molecule has 1 aromatic heterocycles. The Hall–Kier alpha value is -0.650. The standard InChI is InChI=1S/C9H12Cl2N4O/c1-5-6(3-4-16-5)15(2)9-13-7(10)12-8(11)14-9/h5-6H,3-4H2,1-2H3. The summed E-state index contributed by atoms with van der Waals surface area (Å²) in [6, 6.07) is 0.245. The van der Waals surface area contributed by atoms with Gasteiger partial charge in [-0.25, -0.2) is 0 Å². The molecule has 0 N–H and O–H groups in total. The number of ether oxygens (including phenoxy) is 1. The first-order valence-corrected chi connectivity index (χ1v) is 5.75. The van der Waals surface area contributed by atoms with Gasteiger partial charge in [-0.2, -0.15) is 15.0 Å². The monoisotopic (exact) mass is 262 g/mol. The van der Waals surface area contributed by atoms with E-state index in [-0.39, 0.29) is 22.7 Å². The van der Waals surface area contributed by atoms with Crippen molar-refractivity contribution in [2.24, 2.45) is 0 Å². The second kappa shape index (κ2) is 4.69. The molecule has 5 nitrogen and oxygen atoms in total. The summed E-state index contributed by atoms with van der Waals surface area (Å²) in [5, 5.41) is 0.210. The molecule has 0 saturated carbocycles. The van der Waals surface area contributed by atoms with Gasteiger partial charge in [0, 0.05) is 13.7 Å². The van der Waals surface area contributed by atoms with E-state index in [2.05, 4.69) is 15.0 Å². The lowest BCUT2D eigenvalue weighted by molar-refractivity contribution is 0.118. The van der Waals surface area contributed by atoms with Crippen LogP contribution in [0.5, 0.6) is 0 Å². The number of nitrogens with zero attached hydrogens (tertiary/aromatic N) is 4. The van der Waals surface area contributed by atoms with Crippen molar-refractivity contribution in [3.8, 4) is 0 Å². The fourth-order valence-electron chi connectivity index (χ4n) is 1.85. The number of anilines is 1. The smallest absolute Gasteiger partial charge is 0.231 e. The van der Waals surface area contributed by atoms with Crippen LogP contribution < -0.4 is 4.90 Å². The number of aromatic nitrogens is 3. The molecular weight excluding hydrogens is 251 g/mol. The molecular formula is C9H12Cl2N4O. The molecule has 0 amide bonds. The average Bonchev–Trinajstić information content (AvgIpc) is 2.62. The molecule has 1 saturated heterocycles. The van der Waals surface area contributed by atoms with Crippen molar-refractivity contribution in [2.45, 2.75) is 25.5 Å². The van der Waals surface area contributed by atoms with E-state index in [0.29, 0.717) is 5.95 Å². The number of hydrogen-bond donors (Lipinski definition) is 0. The SMILES string of the molecule is CC1OCCC1N(C)c1nc(Cl)nc(Cl)n1. The molecule has 1 fully saturated rings. The highest BCUT2D eigenvalue weighted by Gasteiger charge is 2.29. The van der Waals surface area contributed by atoms with Crippen LogP contribution in [0.3, 0.4) is 0 Å². The summed E-state index contributed by atoms with van der Waals surface area (Å²) in [4.78, 5) is 13.7. The summed E-state index contributed by atoms with van der Waals surface area (Å²) in [6.07, 6.45) is 1.10. The lowest BCUT2D eigenvalue weighted by Crippen LogP contribution is -2.37. The molecule has 2 unspecified atom stereocenters. The van der Waals surface area contributed by atoms with Crippen molar-refractivity contribution in [1.29, 1.82) is 0 Å². The summed E-state index contributed by atoms with van der Waals surface area (Å²) in [5.74, 6) is 0.479. The summed E-state index contributed by atoms with van der Waals surface area (Å²) in [6.45, 7) is 2.78. The van der Waals surface area contributed by atoms with Crippen LogP contribution in [0.2, 0.25) is 10.6 Å². The second-order valence-corrected chi connectivity index (χ2v) is 4.39. The van der Waals surface area contributed by atoms with Gasteiger partial charge >= 0.3 is 0 Å². The Morgan fingerprint density at radius 2 is 1.88 bits per heavy atom. The van der Waals surface area contributed by atoms with Gasteiger partial charge in [0.1, 0.15) is 0 Å². The van der Waals surface area contributed by atoms with Crippen LogP contribution in [0.25, 0.3) is 0 Å². The molecule has 0 aliphatic carbocycles. The van der Waals surface area contributed by atoms with Crippen molar-refractivity contribution >= 4 is 29.2 Å². The van der Waals surface area contributed by atoms with Gasteiger partial charge in [0.2, 0.25) is 16.5 Å². The van der Waals surface area contributed by atoms with Gasteiger partial charge in [0.15, 0.2) is 0 Å². The quantitative estimate of drug-likeness (QED) is 0.814. The fourth-order valence-corrected chi connectivity index (χ4v) is 2.21. The van der Waals surface area contributed by atoms with Crippen LogP contribution in [0.1, 0.15) is 13.3 Å². The van der Waals surface area contributed by atoms with Crippen molar-refractivity contribution in [1.82, 2.24) is 15.0 Å². The normalized spacial score (nSPS) is 24.8. The minimum atomic E-state index is 0.105. The van der Waals surface area contributed by atoms with Gasteiger partial charge in [-0.1, -0.05) is 0 Å². The van der Waals surface area contributed by atoms with Crippen LogP contribution in [0, 0.1) is 0 Å². The van der Waals surface area contributed by atoms with Gasteiger partial charge in [0.05, 0.1) is 12.1 Å². The third-order valence-corrected chi connectivity index (χ3v) is 3.06. The molecule has 88 valence electrons. The molecule has 1 aromatic rings. The number of rotatable bonds is 2. The number of likely N-dealkylation sites (N-methyl/N-ethyl adjacent to an activating group) is 1. The first-order chi connectivity index (χ1) is 7.58. The topological polar surface area (TPSA) is 51.1 Å². The van der Waals surface area contributed by atoms with E-state index in [1.807, 2.05) is 18.9 Å². The molecule has 0 aromatic carbocycles. The summed E-state index contributed by atoms with van der Waals surface area (Å²) in [7, 11) is 1.90. The minimum Gasteiger partial charge on any atom is -0.376 e. The van der Waals surface area contributed by atoms with Crippen LogP contribution in [-0.4, -0.2) is 40.8 Å². The average molecular weight is 263 g/mol. The Morgan fingerprint density at radius 1 is 1.25 bits per heavy atom. The molecule has 0 spiro atoms. The number of halogens is 2. The predicted molar refractivity (Wildman–Crippen MR) is 62.1 cm³/mol. The Kier molecular flexibility index (Phi) is 3.47. The molecule has 2 rings (SSSR count). The van der Waals surface area contributed by atoms with E-state index in [9.17, 15) is 0 Å². The molecule has 0 radical (unpaired) electrons. The third kappa shape index (κ3) is 2.36. The molecule has 16 heavy (non-hydrogen) atoms.